The van der Waals surface area contributed by atoms with E-state index >= 15 is 0 Å². The summed E-state index contributed by atoms with van der Waals surface area (Å²) in [5.74, 6) is -0.897. The molecule has 0 fully saturated rings. The normalized spacial score (nSPS) is 24.7. The van der Waals surface area contributed by atoms with E-state index in [0.717, 1.165) is 0 Å². The standard InChI is InChI=1S/C16H28O6Si/c1-11(17)21-13-8-9-19-14(15(13)22-12(2)18)10-20-23(6,7)16(3,4)5/h8-9,13-15H,10H2,1-7H3/t13-,14-,15+/m1/s1. The Morgan fingerprint density at radius 3 is 2.17 bits per heavy atom. The number of esters is 2. The third kappa shape index (κ3) is 5.66. The minimum Gasteiger partial charge on any atom is -0.492 e. The summed E-state index contributed by atoms with van der Waals surface area (Å²) in [4.78, 5) is 22.6. The lowest BCUT2D eigenvalue weighted by atomic mass is 10.1. The van der Waals surface area contributed by atoms with Gasteiger partial charge in [0.2, 0.25) is 0 Å². The van der Waals surface area contributed by atoms with Crippen LogP contribution in [0.15, 0.2) is 12.3 Å². The molecule has 0 spiro atoms. The largest absolute Gasteiger partial charge is 0.492 e. The first-order chi connectivity index (χ1) is 10.4. The van der Waals surface area contributed by atoms with E-state index in [4.69, 9.17) is 18.6 Å². The molecule has 0 aromatic rings. The molecule has 1 rings (SSSR count). The maximum absolute atomic E-state index is 11.4. The first-order valence-corrected chi connectivity index (χ1v) is 10.7. The molecule has 1 aliphatic heterocycles. The van der Waals surface area contributed by atoms with Gasteiger partial charge in [-0.25, -0.2) is 0 Å². The van der Waals surface area contributed by atoms with Crippen LogP contribution in [0.4, 0.5) is 0 Å². The highest BCUT2D eigenvalue weighted by molar-refractivity contribution is 6.74. The van der Waals surface area contributed by atoms with Gasteiger partial charge < -0.3 is 18.6 Å². The van der Waals surface area contributed by atoms with Gasteiger partial charge in [0, 0.05) is 13.8 Å². The third-order valence-electron chi connectivity index (χ3n) is 4.23. The second kappa shape index (κ2) is 7.48. The number of rotatable bonds is 5. The van der Waals surface area contributed by atoms with Crippen LogP contribution >= 0.6 is 0 Å². The summed E-state index contributed by atoms with van der Waals surface area (Å²) in [5.41, 5.74) is 0. The summed E-state index contributed by atoms with van der Waals surface area (Å²) < 4.78 is 22.2. The molecule has 0 radical (unpaired) electrons. The highest BCUT2D eigenvalue weighted by Crippen LogP contribution is 2.37. The van der Waals surface area contributed by atoms with Crippen LogP contribution in [0.3, 0.4) is 0 Å². The van der Waals surface area contributed by atoms with Crippen LogP contribution in [0.5, 0.6) is 0 Å². The molecular weight excluding hydrogens is 316 g/mol. The summed E-state index contributed by atoms with van der Waals surface area (Å²) in [6.07, 6.45) is 1.14. The van der Waals surface area contributed by atoms with Gasteiger partial charge in [-0.1, -0.05) is 20.8 Å². The zero-order valence-corrected chi connectivity index (χ0v) is 16.0. The molecule has 1 heterocycles. The zero-order chi connectivity index (χ0) is 17.8. The number of carbonyl (C=O) groups excluding carboxylic acids is 2. The molecule has 0 saturated heterocycles. The van der Waals surface area contributed by atoms with Gasteiger partial charge in [0.1, 0.15) is 0 Å². The highest BCUT2D eigenvalue weighted by atomic mass is 28.4. The lowest BCUT2D eigenvalue weighted by Gasteiger charge is -2.39. The third-order valence-corrected chi connectivity index (χ3v) is 8.73. The van der Waals surface area contributed by atoms with E-state index in [1.54, 1.807) is 6.08 Å². The SMILES string of the molecule is CC(=O)O[C@H]1[C@H](OC(C)=O)C=CO[C@@H]1CO[Si](C)(C)C(C)(C)C. The van der Waals surface area contributed by atoms with E-state index in [9.17, 15) is 9.59 Å². The van der Waals surface area contributed by atoms with E-state index in [2.05, 4.69) is 33.9 Å². The average molecular weight is 344 g/mol. The highest BCUT2D eigenvalue weighted by Gasteiger charge is 2.41. The molecule has 0 aromatic carbocycles. The van der Waals surface area contributed by atoms with Gasteiger partial charge in [0.25, 0.3) is 0 Å². The molecule has 0 unspecified atom stereocenters. The molecule has 0 N–H and O–H groups in total. The summed E-state index contributed by atoms with van der Waals surface area (Å²) >= 11 is 0. The summed E-state index contributed by atoms with van der Waals surface area (Å²) in [5, 5.41) is 0.0592. The Bertz CT molecular complexity index is 466. The van der Waals surface area contributed by atoms with Crippen LogP contribution in [0.1, 0.15) is 34.6 Å². The van der Waals surface area contributed by atoms with Crippen LogP contribution in [0.25, 0.3) is 0 Å². The van der Waals surface area contributed by atoms with E-state index in [0.29, 0.717) is 0 Å². The first-order valence-electron chi connectivity index (χ1n) is 7.74. The lowest BCUT2D eigenvalue weighted by molar-refractivity contribution is -0.175. The van der Waals surface area contributed by atoms with Gasteiger partial charge in [0.15, 0.2) is 26.6 Å². The fraction of sp³-hybridized carbons (Fsp3) is 0.750. The molecule has 23 heavy (non-hydrogen) atoms. The maximum atomic E-state index is 11.4. The van der Waals surface area contributed by atoms with Crippen molar-refractivity contribution in [2.75, 3.05) is 6.61 Å². The Morgan fingerprint density at radius 1 is 1.13 bits per heavy atom. The van der Waals surface area contributed by atoms with Crippen molar-refractivity contribution >= 4 is 20.3 Å². The zero-order valence-electron chi connectivity index (χ0n) is 15.0. The quantitative estimate of drug-likeness (QED) is 0.564. The maximum Gasteiger partial charge on any atom is 0.303 e. The molecule has 0 saturated carbocycles. The van der Waals surface area contributed by atoms with Gasteiger partial charge >= 0.3 is 11.9 Å². The van der Waals surface area contributed by atoms with Gasteiger partial charge in [-0.05, 0) is 24.2 Å². The first kappa shape index (κ1) is 19.7. The predicted octanol–water partition coefficient (Wildman–Crippen LogP) is 2.78. The molecule has 0 amide bonds. The van der Waals surface area contributed by atoms with Crippen molar-refractivity contribution < 1.29 is 28.2 Å². The van der Waals surface area contributed by atoms with Crippen molar-refractivity contribution in [1.29, 1.82) is 0 Å². The van der Waals surface area contributed by atoms with Crippen LogP contribution in [0.2, 0.25) is 18.1 Å². The smallest absolute Gasteiger partial charge is 0.303 e. The second-order valence-corrected chi connectivity index (χ2v) is 12.0. The van der Waals surface area contributed by atoms with Crippen molar-refractivity contribution in [1.82, 2.24) is 0 Å². The summed E-state index contributed by atoms with van der Waals surface area (Å²) in [6, 6.07) is 0. The minimum absolute atomic E-state index is 0.0592. The molecule has 1 aliphatic rings. The van der Waals surface area contributed by atoms with Gasteiger partial charge in [0.05, 0.1) is 12.9 Å². The Morgan fingerprint density at radius 2 is 1.70 bits per heavy atom. The molecule has 132 valence electrons. The molecule has 0 aromatic heterocycles. The topological polar surface area (TPSA) is 71.1 Å². The van der Waals surface area contributed by atoms with Crippen molar-refractivity contribution in [2.24, 2.45) is 0 Å². The summed E-state index contributed by atoms with van der Waals surface area (Å²) in [6.45, 7) is 13.6. The lowest BCUT2D eigenvalue weighted by Crippen LogP contribution is -2.50. The Balaban J connectivity index is 2.84. The summed E-state index contributed by atoms with van der Waals surface area (Å²) in [7, 11) is -1.96. The van der Waals surface area contributed by atoms with Crippen LogP contribution in [-0.2, 0) is 28.2 Å². The predicted molar refractivity (Wildman–Crippen MR) is 88.3 cm³/mol. The van der Waals surface area contributed by atoms with Gasteiger partial charge in [-0.2, -0.15) is 0 Å². The van der Waals surface area contributed by atoms with Crippen molar-refractivity contribution in [2.45, 2.75) is 71.1 Å². The second-order valence-electron chi connectivity index (χ2n) is 7.22. The number of ether oxygens (including phenoxy) is 3. The van der Waals surface area contributed by atoms with Crippen LogP contribution in [0, 0.1) is 0 Å². The van der Waals surface area contributed by atoms with E-state index < -0.39 is 38.6 Å². The minimum atomic E-state index is -1.96. The molecule has 6 nitrogen and oxygen atoms in total. The van der Waals surface area contributed by atoms with E-state index in [1.165, 1.54) is 20.1 Å². The van der Waals surface area contributed by atoms with Gasteiger partial charge in [-0.15, -0.1) is 0 Å². The van der Waals surface area contributed by atoms with Crippen molar-refractivity contribution in [3.05, 3.63) is 12.3 Å². The van der Waals surface area contributed by atoms with Gasteiger partial charge in [-0.3, -0.25) is 9.59 Å². The average Bonchev–Trinajstić information content (AvgIpc) is 2.36. The number of carbonyl (C=O) groups is 2. The Hall–Kier alpha value is -1.34. The van der Waals surface area contributed by atoms with E-state index in [-0.39, 0.29) is 11.6 Å². The monoisotopic (exact) mass is 344 g/mol. The number of hydrogen-bond acceptors (Lipinski definition) is 6. The number of hydrogen-bond donors (Lipinski definition) is 0. The fourth-order valence-corrected chi connectivity index (χ4v) is 2.91. The van der Waals surface area contributed by atoms with Crippen LogP contribution < -0.4 is 0 Å². The van der Waals surface area contributed by atoms with Crippen LogP contribution in [-0.4, -0.2) is 45.2 Å². The molecule has 7 heteroatoms. The van der Waals surface area contributed by atoms with E-state index in [1.807, 2.05) is 0 Å². The molecule has 3 atom stereocenters. The molecule has 0 aliphatic carbocycles. The molecule has 0 bridgehead atoms. The molecular formula is C16H28O6Si. The Kier molecular flexibility index (Phi) is 6.41. The Labute approximate surface area is 139 Å². The fourth-order valence-electron chi connectivity index (χ4n) is 1.90. The van der Waals surface area contributed by atoms with Crippen molar-refractivity contribution in [3.63, 3.8) is 0 Å². The van der Waals surface area contributed by atoms with Crippen molar-refractivity contribution in [3.8, 4) is 0 Å².